The van der Waals surface area contributed by atoms with Crippen LogP contribution in [-0.4, -0.2) is 109 Å². The van der Waals surface area contributed by atoms with Crippen molar-refractivity contribution in [3.05, 3.63) is 52.6 Å². The van der Waals surface area contributed by atoms with E-state index in [9.17, 15) is 45.3 Å². The van der Waals surface area contributed by atoms with Crippen LogP contribution in [-0.2, 0) is 33.6 Å². The Kier molecular flexibility index (Phi) is 8.33. The summed E-state index contributed by atoms with van der Waals surface area (Å²) in [6.07, 6.45) is -2.71. The van der Waals surface area contributed by atoms with Crippen LogP contribution in [0, 0.1) is 0 Å². The molecule has 1 amide bonds. The van der Waals surface area contributed by atoms with Crippen molar-refractivity contribution in [1.29, 1.82) is 0 Å². The molecular weight excluding hydrogens is 602 g/mol. The average molecular weight is 638 g/mol. The number of ether oxygens (including phenoxy) is 2. The SMILES string of the molecule is CCC1=NCN=C1Cc1cc(C=CC(=O)N2c3c(cc(O)c4c3CCC3(O4)OC(CO)C(O)C(O)C3O)CC2C(=O)O)ccc1O. The second-order valence-electron chi connectivity index (χ2n) is 11.8. The Balaban J connectivity index is 1.31. The minimum Gasteiger partial charge on any atom is -0.508 e. The third-order valence-electron chi connectivity index (χ3n) is 9.00. The number of benzene rings is 2. The van der Waals surface area contributed by atoms with Crippen LogP contribution in [0.3, 0.4) is 0 Å². The Morgan fingerprint density at radius 1 is 1.09 bits per heavy atom. The van der Waals surface area contributed by atoms with Gasteiger partial charge in [0.1, 0.15) is 42.9 Å². The number of phenolic OH excluding ortho intramolecular Hbond substituents is 2. The molecule has 6 unspecified atom stereocenters. The number of rotatable bonds is 7. The molecule has 1 saturated heterocycles. The van der Waals surface area contributed by atoms with Crippen molar-refractivity contribution in [3.8, 4) is 17.2 Å². The van der Waals surface area contributed by atoms with Gasteiger partial charge in [-0.25, -0.2) is 4.79 Å². The second-order valence-corrected chi connectivity index (χ2v) is 11.8. The van der Waals surface area contributed by atoms with Gasteiger partial charge < -0.3 is 45.2 Å². The van der Waals surface area contributed by atoms with Crippen LogP contribution in [0.25, 0.3) is 6.08 Å². The Hall–Kier alpha value is -4.34. The van der Waals surface area contributed by atoms with Gasteiger partial charge >= 0.3 is 5.97 Å². The molecule has 6 rings (SSSR count). The summed E-state index contributed by atoms with van der Waals surface area (Å²) in [4.78, 5) is 35.9. The van der Waals surface area contributed by atoms with E-state index in [1.807, 2.05) is 6.92 Å². The van der Waals surface area contributed by atoms with Crippen molar-refractivity contribution in [3.63, 3.8) is 0 Å². The highest BCUT2D eigenvalue weighted by Crippen LogP contribution is 2.51. The topological polar surface area (TPSA) is 222 Å². The minimum atomic E-state index is -1.94. The molecule has 1 fully saturated rings. The highest BCUT2D eigenvalue weighted by molar-refractivity contribution is 6.43. The first-order chi connectivity index (χ1) is 22.0. The van der Waals surface area contributed by atoms with E-state index in [2.05, 4.69) is 9.98 Å². The van der Waals surface area contributed by atoms with Gasteiger partial charge in [0.05, 0.1) is 23.7 Å². The van der Waals surface area contributed by atoms with Crippen molar-refractivity contribution >= 4 is 35.1 Å². The van der Waals surface area contributed by atoms with Gasteiger partial charge in [0.2, 0.25) is 5.79 Å². The molecule has 14 heteroatoms. The lowest BCUT2D eigenvalue weighted by atomic mass is 9.86. The molecule has 6 atom stereocenters. The van der Waals surface area contributed by atoms with E-state index < -0.39 is 60.5 Å². The van der Waals surface area contributed by atoms with E-state index in [0.29, 0.717) is 41.8 Å². The minimum absolute atomic E-state index is 0.0260. The Labute approximate surface area is 263 Å². The molecule has 0 aromatic heterocycles. The van der Waals surface area contributed by atoms with Crippen LogP contribution in [0.4, 0.5) is 5.69 Å². The van der Waals surface area contributed by atoms with Crippen molar-refractivity contribution < 1.29 is 54.8 Å². The molecule has 0 radical (unpaired) electrons. The molecule has 7 N–H and O–H groups in total. The number of carboxylic acid groups (broad SMARTS) is 1. The molecule has 14 nitrogen and oxygen atoms in total. The summed E-state index contributed by atoms with van der Waals surface area (Å²) in [5.74, 6) is -4.34. The molecule has 0 aliphatic carbocycles. The lowest BCUT2D eigenvalue weighted by Gasteiger charge is -2.50. The summed E-state index contributed by atoms with van der Waals surface area (Å²) in [6.45, 7) is 1.65. The van der Waals surface area contributed by atoms with E-state index in [4.69, 9.17) is 9.47 Å². The fourth-order valence-electron chi connectivity index (χ4n) is 6.64. The monoisotopic (exact) mass is 637 g/mol. The summed E-state index contributed by atoms with van der Waals surface area (Å²) >= 11 is 0. The van der Waals surface area contributed by atoms with Gasteiger partial charge in [0, 0.05) is 36.5 Å². The second kappa shape index (κ2) is 12.1. The Morgan fingerprint density at radius 3 is 2.57 bits per heavy atom. The van der Waals surface area contributed by atoms with Gasteiger partial charge in [-0.15, -0.1) is 0 Å². The predicted molar refractivity (Wildman–Crippen MR) is 163 cm³/mol. The molecular formula is C32H35N3O11. The summed E-state index contributed by atoms with van der Waals surface area (Å²) in [7, 11) is 0. The molecule has 244 valence electrons. The zero-order chi connectivity index (χ0) is 32.9. The van der Waals surface area contributed by atoms with Crippen LogP contribution in [0.15, 0.2) is 40.3 Å². The first-order valence-corrected chi connectivity index (χ1v) is 15.0. The van der Waals surface area contributed by atoms with Crippen molar-refractivity contribution in [2.24, 2.45) is 9.98 Å². The molecule has 0 bridgehead atoms. The summed E-state index contributed by atoms with van der Waals surface area (Å²) in [5, 5.41) is 72.6. The number of phenols is 2. The first-order valence-electron chi connectivity index (χ1n) is 15.0. The number of hydrogen-bond donors (Lipinski definition) is 7. The number of carbonyl (C=O) groups is 2. The quantitative estimate of drug-likeness (QED) is 0.207. The molecule has 4 aliphatic rings. The fraction of sp³-hybridized carbons (Fsp3) is 0.438. The standard InChI is InChI=1S/C32H35N3O11/c1-2-19-20(34-14-33-19)10-16-9-15(3-5-22(16)37)4-6-25(39)35-21(31(43)44)11-17-12-23(38)29-18(26(17)35)7-8-32(46-29)30(42)28(41)27(40)24(13-36)45-32/h3-6,9,12,21,24,27-28,30,36-38,40-42H,2,7-8,10-11,13-14H2,1H3,(H,43,44). The number of nitrogens with zero attached hydrogens (tertiary/aromatic N) is 3. The maximum absolute atomic E-state index is 13.7. The molecule has 46 heavy (non-hydrogen) atoms. The number of carboxylic acids is 1. The van der Waals surface area contributed by atoms with Crippen LogP contribution in [0.2, 0.25) is 0 Å². The third-order valence-corrected chi connectivity index (χ3v) is 9.00. The van der Waals surface area contributed by atoms with Gasteiger partial charge in [-0.05, 0) is 48.2 Å². The largest absolute Gasteiger partial charge is 0.508 e. The highest BCUT2D eigenvalue weighted by atomic mass is 16.7. The lowest BCUT2D eigenvalue weighted by molar-refractivity contribution is -0.342. The Bertz CT molecular complexity index is 1670. The fourth-order valence-corrected chi connectivity index (χ4v) is 6.64. The van der Waals surface area contributed by atoms with Crippen LogP contribution >= 0.6 is 0 Å². The highest BCUT2D eigenvalue weighted by Gasteiger charge is 2.57. The van der Waals surface area contributed by atoms with Crippen LogP contribution < -0.4 is 9.64 Å². The van der Waals surface area contributed by atoms with E-state index in [1.54, 1.807) is 12.1 Å². The number of anilines is 1. The van der Waals surface area contributed by atoms with Crippen molar-refractivity contribution in [2.75, 3.05) is 18.2 Å². The van der Waals surface area contributed by atoms with E-state index in [0.717, 1.165) is 16.3 Å². The summed E-state index contributed by atoms with van der Waals surface area (Å²) < 4.78 is 11.7. The van der Waals surface area contributed by atoms with Gasteiger partial charge in [-0.1, -0.05) is 13.0 Å². The molecule has 4 heterocycles. The average Bonchev–Trinajstić information content (AvgIpc) is 3.66. The number of aromatic hydroxyl groups is 2. The number of fused-ring (bicyclic) bond motifs is 3. The van der Waals surface area contributed by atoms with Gasteiger partial charge in [0.15, 0.2) is 11.5 Å². The Morgan fingerprint density at radius 2 is 1.85 bits per heavy atom. The molecule has 1 spiro atoms. The number of aliphatic carboxylic acids is 1. The number of aliphatic hydroxyl groups is 4. The maximum atomic E-state index is 13.7. The summed E-state index contributed by atoms with van der Waals surface area (Å²) in [5.41, 5.74) is 3.78. The maximum Gasteiger partial charge on any atom is 0.327 e. The number of aliphatic imine (C=N–C) groups is 2. The summed E-state index contributed by atoms with van der Waals surface area (Å²) in [6, 6.07) is 4.84. The predicted octanol–water partition coefficient (Wildman–Crippen LogP) is 0.454. The van der Waals surface area contributed by atoms with Gasteiger partial charge in [-0.2, -0.15) is 0 Å². The van der Waals surface area contributed by atoms with Crippen molar-refractivity contribution in [1.82, 2.24) is 0 Å². The zero-order valence-corrected chi connectivity index (χ0v) is 24.9. The third kappa shape index (κ3) is 5.31. The normalized spacial score (nSPS) is 28.5. The zero-order valence-electron chi connectivity index (χ0n) is 24.9. The van der Waals surface area contributed by atoms with E-state index in [-0.39, 0.29) is 36.4 Å². The first kappa shape index (κ1) is 31.6. The number of carbonyl (C=O) groups excluding carboxylic acids is 1. The van der Waals surface area contributed by atoms with Crippen LogP contribution in [0.5, 0.6) is 17.2 Å². The smallest absolute Gasteiger partial charge is 0.327 e. The van der Waals surface area contributed by atoms with Crippen molar-refractivity contribution in [2.45, 2.75) is 75.3 Å². The molecule has 4 aliphatic heterocycles. The van der Waals surface area contributed by atoms with E-state index in [1.165, 1.54) is 24.3 Å². The molecule has 2 aromatic carbocycles. The number of hydrogen-bond acceptors (Lipinski definition) is 12. The lowest BCUT2D eigenvalue weighted by Crippen LogP contribution is -2.68. The van der Waals surface area contributed by atoms with E-state index >= 15 is 0 Å². The number of amides is 1. The van der Waals surface area contributed by atoms with Gasteiger partial charge in [0.25, 0.3) is 5.91 Å². The molecule has 0 saturated carbocycles. The molecule has 2 aromatic rings. The van der Waals surface area contributed by atoms with Gasteiger partial charge in [-0.3, -0.25) is 19.7 Å². The van der Waals surface area contributed by atoms with Crippen LogP contribution in [0.1, 0.15) is 42.0 Å². The number of aliphatic hydroxyl groups excluding tert-OH is 4.